The molecule has 0 spiro atoms. The highest BCUT2D eigenvalue weighted by Crippen LogP contribution is 2.37. The SMILES string of the molecule is COc1ccc(C(Cl)c2cc(Br)ccc2C)c(Br)c1. The van der Waals surface area contributed by atoms with Crippen molar-refractivity contribution < 1.29 is 4.74 Å². The smallest absolute Gasteiger partial charge is 0.120 e. The van der Waals surface area contributed by atoms with Gasteiger partial charge in [-0.2, -0.15) is 0 Å². The molecule has 0 aliphatic heterocycles. The van der Waals surface area contributed by atoms with Gasteiger partial charge >= 0.3 is 0 Å². The number of rotatable bonds is 3. The zero-order chi connectivity index (χ0) is 14.0. The van der Waals surface area contributed by atoms with E-state index in [0.29, 0.717) is 0 Å². The fraction of sp³-hybridized carbons (Fsp3) is 0.200. The highest BCUT2D eigenvalue weighted by atomic mass is 79.9. The second-order valence-electron chi connectivity index (χ2n) is 4.25. The van der Waals surface area contributed by atoms with E-state index in [9.17, 15) is 0 Å². The lowest BCUT2D eigenvalue weighted by Crippen LogP contribution is -1.98. The molecule has 0 saturated carbocycles. The van der Waals surface area contributed by atoms with Gasteiger partial charge in [-0.05, 0) is 47.9 Å². The molecule has 19 heavy (non-hydrogen) atoms. The van der Waals surface area contributed by atoms with Gasteiger partial charge in [-0.15, -0.1) is 11.6 Å². The van der Waals surface area contributed by atoms with Crippen LogP contribution in [-0.4, -0.2) is 7.11 Å². The van der Waals surface area contributed by atoms with E-state index in [1.807, 2.05) is 24.3 Å². The fourth-order valence-electron chi connectivity index (χ4n) is 1.89. The Morgan fingerprint density at radius 1 is 1.05 bits per heavy atom. The summed E-state index contributed by atoms with van der Waals surface area (Å²) in [5.74, 6) is 0.811. The first-order valence-electron chi connectivity index (χ1n) is 5.76. The Labute approximate surface area is 135 Å². The molecule has 100 valence electrons. The van der Waals surface area contributed by atoms with Crippen LogP contribution in [0.3, 0.4) is 0 Å². The van der Waals surface area contributed by atoms with E-state index in [2.05, 4.69) is 50.9 Å². The Balaban J connectivity index is 2.43. The Kier molecular flexibility index (Phi) is 4.93. The Morgan fingerprint density at radius 3 is 2.42 bits per heavy atom. The van der Waals surface area contributed by atoms with E-state index in [1.165, 1.54) is 5.56 Å². The summed E-state index contributed by atoms with van der Waals surface area (Å²) in [5.41, 5.74) is 3.30. The predicted molar refractivity (Wildman–Crippen MR) is 87.3 cm³/mol. The zero-order valence-electron chi connectivity index (χ0n) is 10.6. The molecule has 0 amide bonds. The number of hydrogen-bond donors (Lipinski definition) is 0. The summed E-state index contributed by atoms with van der Waals surface area (Å²) in [4.78, 5) is 0. The average molecular weight is 405 g/mol. The molecule has 2 aromatic carbocycles. The van der Waals surface area contributed by atoms with Crippen LogP contribution >= 0.6 is 43.5 Å². The van der Waals surface area contributed by atoms with Crippen LogP contribution in [0.5, 0.6) is 5.75 Å². The number of alkyl halides is 1. The monoisotopic (exact) mass is 402 g/mol. The largest absolute Gasteiger partial charge is 0.497 e. The molecule has 0 fully saturated rings. The Hall–Kier alpha value is -0.510. The van der Waals surface area contributed by atoms with Crippen LogP contribution in [-0.2, 0) is 0 Å². The van der Waals surface area contributed by atoms with Crippen molar-refractivity contribution in [3.63, 3.8) is 0 Å². The van der Waals surface area contributed by atoms with Crippen molar-refractivity contribution >= 4 is 43.5 Å². The van der Waals surface area contributed by atoms with Crippen molar-refractivity contribution in [1.29, 1.82) is 0 Å². The van der Waals surface area contributed by atoms with Crippen LogP contribution < -0.4 is 4.74 Å². The van der Waals surface area contributed by atoms with Crippen LogP contribution in [0.2, 0.25) is 0 Å². The Bertz CT molecular complexity index is 599. The van der Waals surface area contributed by atoms with Gasteiger partial charge in [0.05, 0.1) is 12.5 Å². The minimum atomic E-state index is -0.196. The summed E-state index contributed by atoms with van der Waals surface area (Å²) in [6, 6.07) is 12.0. The summed E-state index contributed by atoms with van der Waals surface area (Å²) in [6.45, 7) is 2.06. The molecular formula is C15H13Br2ClO. The van der Waals surface area contributed by atoms with Crippen LogP contribution in [0.4, 0.5) is 0 Å². The topological polar surface area (TPSA) is 9.23 Å². The second kappa shape index (κ2) is 6.29. The van der Waals surface area contributed by atoms with Gasteiger partial charge in [0.1, 0.15) is 5.75 Å². The normalized spacial score (nSPS) is 12.3. The summed E-state index contributed by atoms with van der Waals surface area (Å²) >= 11 is 13.7. The number of ether oxygens (including phenoxy) is 1. The van der Waals surface area contributed by atoms with Gasteiger partial charge in [-0.3, -0.25) is 0 Å². The lowest BCUT2D eigenvalue weighted by Gasteiger charge is -2.16. The number of benzene rings is 2. The first kappa shape index (κ1) is 14.9. The van der Waals surface area contributed by atoms with Gasteiger partial charge in [0.15, 0.2) is 0 Å². The molecular weight excluding hydrogens is 391 g/mol. The standard InChI is InChI=1S/C15H13Br2ClO/c1-9-3-4-10(16)7-13(9)15(18)12-6-5-11(19-2)8-14(12)17/h3-8,15H,1-2H3. The number of hydrogen-bond acceptors (Lipinski definition) is 1. The van der Waals surface area contributed by atoms with Gasteiger partial charge < -0.3 is 4.74 Å². The third-order valence-electron chi connectivity index (χ3n) is 3.00. The van der Waals surface area contributed by atoms with Crippen molar-refractivity contribution in [2.24, 2.45) is 0 Å². The van der Waals surface area contributed by atoms with E-state index >= 15 is 0 Å². The van der Waals surface area contributed by atoms with Gasteiger partial charge in [-0.1, -0.05) is 44.0 Å². The maximum atomic E-state index is 6.62. The van der Waals surface area contributed by atoms with E-state index < -0.39 is 0 Å². The first-order chi connectivity index (χ1) is 9.02. The van der Waals surface area contributed by atoms with Gasteiger partial charge in [-0.25, -0.2) is 0 Å². The van der Waals surface area contributed by atoms with Crippen molar-refractivity contribution in [3.8, 4) is 5.75 Å². The quantitative estimate of drug-likeness (QED) is 0.583. The average Bonchev–Trinajstić information content (AvgIpc) is 2.40. The lowest BCUT2D eigenvalue weighted by atomic mass is 10.00. The lowest BCUT2D eigenvalue weighted by molar-refractivity contribution is 0.414. The van der Waals surface area contributed by atoms with Gasteiger partial charge in [0, 0.05) is 8.95 Å². The van der Waals surface area contributed by atoms with Crippen LogP contribution in [0.25, 0.3) is 0 Å². The fourth-order valence-corrected chi connectivity index (χ4v) is 3.41. The molecule has 0 aliphatic carbocycles. The molecule has 4 heteroatoms. The van der Waals surface area contributed by atoms with E-state index in [4.69, 9.17) is 16.3 Å². The molecule has 0 aliphatic rings. The third-order valence-corrected chi connectivity index (χ3v) is 4.65. The number of methoxy groups -OCH3 is 1. The number of aryl methyl sites for hydroxylation is 1. The van der Waals surface area contributed by atoms with Gasteiger partial charge in [0.25, 0.3) is 0 Å². The number of halogens is 3. The molecule has 2 rings (SSSR count). The van der Waals surface area contributed by atoms with Crippen molar-refractivity contribution in [2.45, 2.75) is 12.3 Å². The van der Waals surface area contributed by atoms with Crippen molar-refractivity contribution in [1.82, 2.24) is 0 Å². The Morgan fingerprint density at radius 2 is 1.79 bits per heavy atom. The van der Waals surface area contributed by atoms with Gasteiger partial charge in [0.2, 0.25) is 0 Å². The molecule has 1 nitrogen and oxygen atoms in total. The molecule has 1 atom stereocenters. The minimum Gasteiger partial charge on any atom is -0.497 e. The first-order valence-corrected chi connectivity index (χ1v) is 7.78. The highest BCUT2D eigenvalue weighted by Gasteiger charge is 2.16. The third kappa shape index (κ3) is 3.33. The summed E-state index contributed by atoms with van der Waals surface area (Å²) in [6.07, 6.45) is 0. The summed E-state index contributed by atoms with van der Waals surface area (Å²) in [7, 11) is 1.65. The molecule has 1 unspecified atom stereocenters. The van der Waals surface area contributed by atoms with E-state index in [0.717, 1.165) is 25.8 Å². The highest BCUT2D eigenvalue weighted by molar-refractivity contribution is 9.10. The summed E-state index contributed by atoms with van der Waals surface area (Å²) in [5, 5.41) is -0.196. The molecule has 0 bridgehead atoms. The molecule has 0 aromatic heterocycles. The molecule has 0 N–H and O–H groups in total. The minimum absolute atomic E-state index is 0.196. The summed E-state index contributed by atoms with van der Waals surface area (Å²) < 4.78 is 7.18. The van der Waals surface area contributed by atoms with E-state index in [1.54, 1.807) is 7.11 Å². The van der Waals surface area contributed by atoms with Crippen molar-refractivity contribution in [3.05, 3.63) is 62.0 Å². The molecule has 0 radical (unpaired) electrons. The zero-order valence-corrected chi connectivity index (χ0v) is 14.5. The molecule has 0 saturated heterocycles. The van der Waals surface area contributed by atoms with Crippen LogP contribution in [0, 0.1) is 6.92 Å². The van der Waals surface area contributed by atoms with E-state index in [-0.39, 0.29) is 5.38 Å². The van der Waals surface area contributed by atoms with Crippen molar-refractivity contribution in [2.75, 3.05) is 7.11 Å². The molecule has 0 heterocycles. The second-order valence-corrected chi connectivity index (χ2v) is 6.46. The maximum Gasteiger partial charge on any atom is 0.120 e. The van der Waals surface area contributed by atoms with Crippen LogP contribution in [0.15, 0.2) is 45.3 Å². The molecule has 2 aromatic rings. The maximum absolute atomic E-state index is 6.62. The van der Waals surface area contributed by atoms with Crippen LogP contribution in [0.1, 0.15) is 22.1 Å². The predicted octanol–water partition coefficient (Wildman–Crippen LogP) is 5.86.